The quantitative estimate of drug-likeness (QED) is 0.292. The molecule has 0 spiro atoms. The van der Waals surface area contributed by atoms with Crippen LogP contribution in [0.15, 0.2) is 21.9 Å². The smallest absolute Gasteiger partial charge is 0.336 e. The number of hydrogen-bond acceptors (Lipinski definition) is 7. The zero-order valence-electron chi connectivity index (χ0n) is 15.9. The van der Waals surface area contributed by atoms with Crippen molar-refractivity contribution in [2.45, 2.75) is 12.8 Å². The van der Waals surface area contributed by atoms with Gasteiger partial charge in [0, 0.05) is 17.0 Å². The van der Waals surface area contributed by atoms with Crippen molar-refractivity contribution in [3.05, 3.63) is 56.5 Å². The molecule has 0 radical (unpaired) electrons. The second-order valence-electron chi connectivity index (χ2n) is 6.83. The van der Waals surface area contributed by atoms with Gasteiger partial charge in [-0.3, -0.25) is 0 Å². The van der Waals surface area contributed by atoms with Gasteiger partial charge < -0.3 is 10.1 Å². The minimum Gasteiger partial charge on any atom is -0.466 e. The van der Waals surface area contributed by atoms with Gasteiger partial charge in [-0.1, -0.05) is 0 Å². The van der Waals surface area contributed by atoms with Crippen LogP contribution in [0, 0.1) is 29.1 Å². The lowest BCUT2D eigenvalue weighted by Crippen LogP contribution is -2.34. The van der Waals surface area contributed by atoms with Crippen molar-refractivity contribution in [1.82, 2.24) is 5.32 Å². The van der Waals surface area contributed by atoms with Gasteiger partial charge in [-0.15, -0.1) is 0 Å². The number of carbonyl (C=O) groups is 1. The van der Waals surface area contributed by atoms with Crippen LogP contribution in [-0.2, 0) is 29.2 Å². The van der Waals surface area contributed by atoms with Gasteiger partial charge in [0.05, 0.1) is 40.8 Å². The van der Waals surface area contributed by atoms with Gasteiger partial charge in [-0.05, 0) is 6.92 Å². The predicted molar refractivity (Wildman–Crippen MR) is 96.3 cm³/mol. The number of allylic oxidation sites excluding steroid dienone is 2. The van der Waals surface area contributed by atoms with E-state index in [9.17, 15) is 43.6 Å². The van der Waals surface area contributed by atoms with Crippen molar-refractivity contribution in [2.75, 3.05) is 24.4 Å². The van der Waals surface area contributed by atoms with Crippen molar-refractivity contribution < 1.29 is 48.3 Å². The van der Waals surface area contributed by atoms with Crippen LogP contribution in [0.25, 0.3) is 0 Å². The first-order valence-electron chi connectivity index (χ1n) is 8.47. The fourth-order valence-corrected chi connectivity index (χ4v) is 7.63. The third kappa shape index (κ3) is 3.71. The molecule has 2 heterocycles. The molecule has 7 nitrogen and oxygen atoms in total. The molecule has 1 atom stereocenters. The van der Waals surface area contributed by atoms with Crippen LogP contribution in [0.4, 0.5) is 22.0 Å². The SMILES string of the molecule is COC(=O)C1=C(C)NC2=C(C1c1c(F)c(F)c(F)c(F)c1F)S(=O)(=O)CCS(=O)(=O)C2. The third-order valence-electron chi connectivity index (χ3n) is 4.89. The van der Waals surface area contributed by atoms with Gasteiger partial charge in [0.25, 0.3) is 0 Å². The third-order valence-corrected chi connectivity index (χ3v) is 8.60. The molecule has 2 aliphatic heterocycles. The minimum atomic E-state index is -4.63. The Bertz CT molecular complexity index is 1260. The number of dihydropyridines is 1. The number of benzene rings is 1. The van der Waals surface area contributed by atoms with Crippen molar-refractivity contribution >= 4 is 25.6 Å². The largest absolute Gasteiger partial charge is 0.466 e. The highest BCUT2D eigenvalue weighted by Gasteiger charge is 2.47. The molecular weight excluding hydrogens is 473 g/mol. The summed E-state index contributed by atoms with van der Waals surface area (Å²) in [5.41, 5.74) is -3.16. The van der Waals surface area contributed by atoms with Crippen LogP contribution >= 0.6 is 0 Å². The number of ether oxygens (including phenoxy) is 1. The van der Waals surface area contributed by atoms with Gasteiger partial charge >= 0.3 is 5.97 Å². The van der Waals surface area contributed by atoms with Crippen molar-refractivity contribution in [2.24, 2.45) is 0 Å². The van der Waals surface area contributed by atoms with E-state index in [2.05, 4.69) is 10.1 Å². The summed E-state index contributed by atoms with van der Waals surface area (Å²) in [5, 5.41) is 2.41. The highest BCUT2D eigenvalue weighted by atomic mass is 32.2. The number of esters is 1. The number of hydrogen-bond donors (Lipinski definition) is 1. The summed E-state index contributed by atoms with van der Waals surface area (Å²) >= 11 is 0. The topological polar surface area (TPSA) is 107 Å². The lowest BCUT2D eigenvalue weighted by molar-refractivity contribution is -0.136. The first kappa shape index (κ1) is 23.2. The Morgan fingerprint density at radius 2 is 1.45 bits per heavy atom. The van der Waals surface area contributed by atoms with Gasteiger partial charge in [-0.2, -0.15) is 0 Å². The first-order valence-corrected chi connectivity index (χ1v) is 11.9. The number of halogens is 5. The zero-order chi connectivity index (χ0) is 23.5. The van der Waals surface area contributed by atoms with E-state index in [1.165, 1.54) is 0 Å². The van der Waals surface area contributed by atoms with Crippen LogP contribution in [0.1, 0.15) is 18.4 Å². The molecule has 1 aromatic carbocycles. The molecule has 1 aromatic rings. The number of carbonyl (C=O) groups excluding carboxylic acids is 1. The molecule has 2 aliphatic rings. The van der Waals surface area contributed by atoms with Crippen LogP contribution in [0.3, 0.4) is 0 Å². The number of nitrogens with one attached hydrogen (secondary N) is 1. The zero-order valence-corrected chi connectivity index (χ0v) is 17.5. The van der Waals surface area contributed by atoms with Crippen LogP contribution in [0.5, 0.6) is 0 Å². The van der Waals surface area contributed by atoms with E-state index < -0.39 is 99.6 Å². The molecule has 14 heteroatoms. The summed E-state index contributed by atoms with van der Waals surface area (Å²) in [6, 6.07) is 0. The summed E-state index contributed by atoms with van der Waals surface area (Å²) in [7, 11) is -7.79. The lowest BCUT2D eigenvalue weighted by Gasteiger charge is -2.31. The van der Waals surface area contributed by atoms with Crippen LogP contribution in [-0.4, -0.2) is 47.2 Å². The highest BCUT2D eigenvalue weighted by molar-refractivity contribution is 7.98. The Morgan fingerprint density at radius 1 is 0.935 bits per heavy atom. The molecule has 0 bridgehead atoms. The average molecular weight is 487 g/mol. The number of rotatable bonds is 2. The molecule has 1 N–H and O–H groups in total. The van der Waals surface area contributed by atoms with Gasteiger partial charge in [0.2, 0.25) is 5.82 Å². The maximum atomic E-state index is 14.7. The molecule has 0 saturated heterocycles. The van der Waals surface area contributed by atoms with Crippen molar-refractivity contribution in [3.63, 3.8) is 0 Å². The van der Waals surface area contributed by atoms with E-state index in [1.807, 2.05) is 0 Å². The van der Waals surface area contributed by atoms with Gasteiger partial charge in [0.15, 0.2) is 42.9 Å². The molecule has 1 unspecified atom stereocenters. The first-order chi connectivity index (χ1) is 14.2. The summed E-state index contributed by atoms with van der Waals surface area (Å²) < 4.78 is 125. The van der Waals surface area contributed by atoms with Crippen LogP contribution < -0.4 is 5.32 Å². The molecular formula is C17H14F5NO6S2. The van der Waals surface area contributed by atoms with E-state index in [4.69, 9.17) is 0 Å². The van der Waals surface area contributed by atoms with E-state index >= 15 is 0 Å². The maximum absolute atomic E-state index is 14.7. The Morgan fingerprint density at radius 3 is 1.97 bits per heavy atom. The van der Waals surface area contributed by atoms with Crippen molar-refractivity contribution in [3.8, 4) is 0 Å². The second kappa shape index (κ2) is 7.58. The lowest BCUT2D eigenvalue weighted by atomic mass is 9.85. The summed E-state index contributed by atoms with van der Waals surface area (Å²) in [6.45, 7) is 1.14. The van der Waals surface area contributed by atoms with E-state index in [-0.39, 0.29) is 5.70 Å². The molecule has 0 amide bonds. The molecule has 0 aromatic heterocycles. The van der Waals surface area contributed by atoms with E-state index in [1.54, 1.807) is 0 Å². The van der Waals surface area contributed by atoms with E-state index in [0.717, 1.165) is 14.0 Å². The van der Waals surface area contributed by atoms with Crippen molar-refractivity contribution in [1.29, 1.82) is 0 Å². The summed E-state index contributed by atoms with van der Waals surface area (Å²) in [5.74, 6) is -18.3. The van der Waals surface area contributed by atoms with Gasteiger partial charge in [-0.25, -0.2) is 43.6 Å². The molecule has 170 valence electrons. The Labute approximate surface area is 173 Å². The monoisotopic (exact) mass is 487 g/mol. The van der Waals surface area contributed by atoms with E-state index in [0.29, 0.717) is 0 Å². The fraction of sp³-hybridized carbons (Fsp3) is 0.353. The standard InChI is InChI=1S/C17H14F5NO6S2/c1-6-8(17(24)29-2)9(10-11(18)13(20)15(22)14(21)12(10)19)16-7(23-6)5-30(25,26)3-4-31(16,27)28/h9,23H,3-5H2,1-2H3. The Balaban J connectivity index is 2.49. The summed E-state index contributed by atoms with van der Waals surface area (Å²) in [6.07, 6.45) is 0. The average Bonchev–Trinajstić information content (AvgIpc) is 2.77. The minimum absolute atomic E-state index is 0.271. The maximum Gasteiger partial charge on any atom is 0.336 e. The number of sulfone groups is 2. The Kier molecular flexibility index (Phi) is 5.67. The van der Waals surface area contributed by atoms with Crippen LogP contribution in [0.2, 0.25) is 0 Å². The second-order valence-corrected chi connectivity index (χ2v) is 11.1. The molecule has 0 fully saturated rings. The fourth-order valence-electron chi connectivity index (χ4n) is 3.52. The Hall–Kier alpha value is -2.48. The molecule has 3 rings (SSSR count). The van der Waals surface area contributed by atoms with Gasteiger partial charge in [0.1, 0.15) is 0 Å². The highest BCUT2D eigenvalue weighted by Crippen LogP contribution is 2.45. The predicted octanol–water partition coefficient (Wildman–Crippen LogP) is 1.57. The molecule has 0 saturated carbocycles. The molecule has 31 heavy (non-hydrogen) atoms. The number of methoxy groups -OCH3 is 1. The molecule has 0 aliphatic carbocycles. The normalized spacial score (nSPS) is 22.5. The summed E-state index contributed by atoms with van der Waals surface area (Å²) in [4.78, 5) is 11.4.